The molecule has 0 saturated carbocycles. The number of rotatable bonds is 2. The Morgan fingerprint density at radius 3 is 2.40 bits per heavy atom. The van der Waals surface area contributed by atoms with Gasteiger partial charge in [0.1, 0.15) is 11.6 Å². The minimum Gasteiger partial charge on any atom is -0.496 e. The smallest absolute Gasteiger partial charge is 0.148 e. The number of methoxy groups -OCH3 is 1. The molecule has 0 bridgehead atoms. The van der Waals surface area contributed by atoms with Gasteiger partial charge in [0.05, 0.1) is 12.1 Å². The second-order valence-corrected chi connectivity index (χ2v) is 4.51. The van der Waals surface area contributed by atoms with Gasteiger partial charge < -0.3 is 10.5 Å². The first-order chi connectivity index (χ1) is 6.79. The van der Waals surface area contributed by atoms with Crippen LogP contribution in [0.4, 0.5) is 4.39 Å². The molecule has 0 fully saturated rings. The summed E-state index contributed by atoms with van der Waals surface area (Å²) in [5, 5.41) is 0.0711. The van der Waals surface area contributed by atoms with E-state index in [-0.39, 0.29) is 5.02 Å². The summed E-state index contributed by atoms with van der Waals surface area (Å²) in [6.45, 7) is 5.26. The van der Waals surface area contributed by atoms with Crippen LogP contribution in [-0.4, -0.2) is 7.11 Å². The second-order valence-electron chi connectivity index (χ2n) is 4.10. The SMILES string of the molecule is COc1c(C(C)(C)N)cc(Cl)c(F)c1C. The molecule has 2 N–H and O–H groups in total. The predicted octanol–water partition coefficient (Wildman–Crippen LogP) is 2.99. The fraction of sp³-hybridized carbons (Fsp3) is 0.455. The molecule has 0 unspecified atom stereocenters. The summed E-state index contributed by atoms with van der Waals surface area (Å²) in [6.07, 6.45) is 0. The van der Waals surface area contributed by atoms with Crippen molar-refractivity contribution in [1.82, 2.24) is 0 Å². The molecule has 84 valence electrons. The number of halogens is 2. The summed E-state index contributed by atoms with van der Waals surface area (Å²) < 4.78 is 18.7. The van der Waals surface area contributed by atoms with Crippen molar-refractivity contribution in [2.24, 2.45) is 5.73 Å². The van der Waals surface area contributed by atoms with Crippen LogP contribution in [0.5, 0.6) is 5.75 Å². The van der Waals surface area contributed by atoms with Crippen molar-refractivity contribution in [1.29, 1.82) is 0 Å². The quantitative estimate of drug-likeness (QED) is 0.849. The highest BCUT2D eigenvalue weighted by molar-refractivity contribution is 6.31. The van der Waals surface area contributed by atoms with Crippen LogP contribution in [0.3, 0.4) is 0 Å². The minimum atomic E-state index is -0.618. The monoisotopic (exact) mass is 231 g/mol. The number of nitrogens with two attached hydrogens (primary N) is 1. The lowest BCUT2D eigenvalue weighted by Crippen LogP contribution is -2.29. The van der Waals surface area contributed by atoms with Gasteiger partial charge in [-0.1, -0.05) is 11.6 Å². The maximum absolute atomic E-state index is 13.5. The van der Waals surface area contributed by atoms with Crippen molar-refractivity contribution in [2.45, 2.75) is 26.3 Å². The fourth-order valence-corrected chi connectivity index (χ4v) is 1.73. The molecule has 1 aromatic carbocycles. The van der Waals surface area contributed by atoms with E-state index in [0.717, 1.165) is 0 Å². The van der Waals surface area contributed by atoms with Gasteiger partial charge in [0, 0.05) is 16.7 Å². The number of ether oxygens (including phenoxy) is 1. The molecular weight excluding hydrogens is 217 g/mol. The van der Waals surface area contributed by atoms with E-state index < -0.39 is 11.4 Å². The first-order valence-corrected chi connectivity index (χ1v) is 4.98. The maximum Gasteiger partial charge on any atom is 0.148 e. The van der Waals surface area contributed by atoms with Crippen LogP contribution in [0, 0.1) is 12.7 Å². The lowest BCUT2D eigenvalue weighted by molar-refractivity contribution is 0.387. The Morgan fingerprint density at radius 2 is 2.00 bits per heavy atom. The summed E-state index contributed by atoms with van der Waals surface area (Å²) in [5.74, 6) is 0.00548. The molecule has 0 heterocycles. The van der Waals surface area contributed by atoms with Crippen molar-refractivity contribution in [2.75, 3.05) is 7.11 Å². The Labute approximate surface area is 94.2 Å². The van der Waals surface area contributed by atoms with E-state index in [1.165, 1.54) is 13.2 Å². The molecule has 0 radical (unpaired) electrons. The van der Waals surface area contributed by atoms with Crippen LogP contribution in [0.25, 0.3) is 0 Å². The van der Waals surface area contributed by atoms with E-state index in [4.69, 9.17) is 22.1 Å². The Kier molecular flexibility index (Phi) is 3.26. The molecule has 0 aromatic heterocycles. The summed E-state index contributed by atoms with van der Waals surface area (Å²) in [6, 6.07) is 1.52. The molecule has 1 aromatic rings. The van der Waals surface area contributed by atoms with Crippen LogP contribution in [0.1, 0.15) is 25.0 Å². The molecule has 0 spiro atoms. The minimum absolute atomic E-state index is 0.0711. The number of hydrogen-bond donors (Lipinski definition) is 1. The molecular formula is C11H15ClFNO. The van der Waals surface area contributed by atoms with Gasteiger partial charge in [0.15, 0.2) is 0 Å². The molecule has 0 atom stereocenters. The zero-order valence-corrected chi connectivity index (χ0v) is 10.1. The van der Waals surface area contributed by atoms with Gasteiger partial charge in [-0.3, -0.25) is 0 Å². The van der Waals surface area contributed by atoms with Crippen molar-refractivity contribution in [3.8, 4) is 5.75 Å². The van der Waals surface area contributed by atoms with E-state index >= 15 is 0 Å². The van der Waals surface area contributed by atoms with Gasteiger partial charge >= 0.3 is 0 Å². The summed E-state index contributed by atoms with van der Waals surface area (Å²) in [5.41, 5.74) is 6.43. The van der Waals surface area contributed by atoms with E-state index in [2.05, 4.69) is 0 Å². The average molecular weight is 232 g/mol. The third kappa shape index (κ3) is 2.24. The van der Waals surface area contributed by atoms with Crippen LogP contribution in [0.2, 0.25) is 5.02 Å². The lowest BCUT2D eigenvalue weighted by Gasteiger charge is -2.24. The Bertz CT molecular complexity index is 385. The highest BCUT2D eigenvalue weighted by Crippen LogP contribution is 2.35. The van der Waals surface area contributed by atoms with Crippen LogP contribution >= 0.6 is 11.6 Å². The first-order valence-electron chi connectivity index (χ1n) is 4.61. The number of hydrogen-bond acceptors (Lipinski definition) is 2. The summed E-state index contributed by atoms with van der Waals surface area (Å²) in [7, 11) is 1.49. The molecule has 0 aliphatic rings. The van der Waals surface area contributed by atoms with Gasteiger partial charge in [-0.15, -0.1) is 0 Å². The topological polar surface area (TPSA) is 35.2 Å². The Balaban J connectivity index is 3.53. The zero-order valence-electron chi connectivity index (χ0n) is 9.32. The molecule has 2 nitrogen and oxygen atoms in total. The highest BCUT2D eigenvalue weighted by atomic mass is 35.5. The third-order valence-electron chi connectivity index (χ3n) is 2.29. The van der Waals surface area contributed by atoms with Gasteiger partial charge in [-0.05, 0) is 26.8 Å². The molecule has 0 saturated heterocycles. The average Bonchev–Trinajstić information content (AvgIpc) is 2.12. The van der Waals surface area contributed by atoms with Crippen molar-refractivity contribution < 1.29 is 9.13 Å². The Hall–Kier alpha value is -0.800. The highest BCUT2D eigenvalue weighted by Gasteiger charge is 2.24. The molecule has 0 amide bonds. The van der Waals surface area contributed by atoms with Crippen LogP contribution < -0.4 is 10.5 Å². The molecule has 0 aliphatic carbocycles. The molecule has 0 aliphatic heterocycles. The Morgan fingerprint density at radius 1 is 1.47 bits per heavy atom. The first kappa shape index (κ1) is 12.3. The molecule has 4 heteroatoms. The molecule has 1 rings (SSSR count). The van der Waals surface area contributed by atoms with Gasteiger partial charge in [0.2, 0.25) is 0 Å². The van der Waals surface area contributed by atoms with Crippen molar-refractivity contribution >= 4 is 11.6 Å². The zero-order chi connectivity index (χ0) is 11.8. The lowest BCUT2D eigenvalue weighted by atomic mass is 9.92. The third-order valence-corrected chi connectivity index (χ3v) is 2.57. The normalized spacial score (nSPS) is 11.7. The number of benzene rings is 1. The largest absolute Gasteiger partial charge is 0.496 e. The van der Waals surface area contributed by atoms with Crippen LogP contribution in [0.15, 0.2) is 6.07 Å². The van der Waals surface area contributed by atoms with Crippen molar-refractivity contribution in [3.05, 3.63) is 28.0 Å². The second kappa shape index (κ2) is 3.99. The maximum atomic E-state index is 13.5. The molecule has 15 heavy (non-hydrogen) atoms. The van der Waals surface area contributed by atoms with Gasteiger partial charge in [-0.25, -0.2) is 4.39 Å². The van der Waals surface area contributed by atoms with Gasteiger partial charge in [0.25, 0.3) is 0 Å². The fourth-order valence-electron chi connectivity index (χ4n) is 1.48. The van der Waals surface area contributed by atoms with Crippen LogP contribution in [-0.2, 0) is 5.54 Å². The van der Waals surface area contributed by atoms with E-state index in [1.807, 2.05) is 13.8 Å². The summed E-state index contributed by atoms with van der Waals surface area (Å²) >= 11 is 5.77. The summed E-state index contributed by atoms with van der Waals surface area (Å²) in [4.78, 5) is 0. The van der Waals surface area contributed by atoms with Crippen molar-refractivity contribution in [3.63, 3.8) is 0 Å². The van der Waals surface area contributed by atoms with E-state index in [0.29, 0.717) is 16.9 Å². The van der Waals surface area contributed by atoms with Gasteiger partial charge in [-0.2, -0.15) is 0 Å². The van der Waals surface area contributed by atoms with E-state index in [9.17, 15) is 4.39 Å². The predicted molar refractivity (Wildman–Crippen MR) is 59.9 cm³/mol. The standard InChI is InChI=1S/C11H15ClFNO/c1-6-9(13)8(12)5-7(10(6)15-4)11(2,3)14/h5H,14H2,1-4H3. The van der Waals surface area contributed by atoms with E-state index in [1.54, 1.807) is 6.92 Å².